The highest BCUT2D eigenvalue weighted by Gasteiger charge is 2.39. The van der Waals surface area contributed by atoms with E-state index in [2.05, 4.69) is 4.42 Å². The third kappa shape index (κ3) is 3.35. The second-order valence-corrected chi connectivity index (χ2v) is 4.51. The Balaban J connectivity index is 3.10. The van der Waals surface area contributed by atoms with Crippen molar-refractivity contribution < 1.29 is 31.9 Å². The first-order valence-electron chi connectivity index (χ1n) is 4.94. The van der Waals surface area contributed by atoms with E-state index >= 15 is 0 Å². The molecule has 0 saturated heterocycles. The monoisotopic (exact) mass is 264 g/mol. The van der Waals surface area contributed by atoms with Gasteiger partial charge in [0.2, 0.25) is 11.5 Å². The summed E-state index contributed by atoms with van der Waals surface area (Å²) in [4.78, 5) is 22.0. The summed E-state index contributed by atoms with van der Waals surface area (Å²) in [7, 11) is 0. The molecule has 1 aromatic heterocycles. The lowest BCUT2D eigenvalue weighted by atomic mass is 10.2. The van der Waals surface area contributed by atoms with Crippen molar-refractivity contribution in [3.8, 4) is 0 Å². The number of ether oxygens (including phenoxy) is 1. The lowest BCUT2D eigenvalue weighted by molar-refractivity contribution is -0.153. The number of carbonyl (C=O) groups is 2. The Bertz CT molecular complexity index is 466. The van der Waals surface area contributed by atoms with Gasteiger partial charge in [-0.1, -0.05) is 0 Å². The van der Waals surface area contributed by atoms with Crippen LogP contribution in [0.25, 0.3) is 0 Å². The number of hydrogen-bond donors (Lipinski definition) is 0. The molecule has 0 aliphatic carbocycles. The molecule has 4 nitrogen and oxygen atoms in total. The molecule has 0 spiro atoms. The van der Waals surface area contributed by atoms with Gasteiger partial charge < -0.3 is 9.15 Å². The molecule has 0 bridgehead atoms. The zero-order chi connectivity index (χ0) is 14.1. The van der Waals surface area contributed by atoms with Crippen LogP contribution in [0, 0.1) is 0 Å². The Morgan fingerprint density at radius 2 is 1.89 bits per heavy atom. The number of furan rings is 1. The van der Waals surface area contributed by atoms with E-state index in [9.17, 15) is 22.8 Å². The molecule has 1 rings (SSSR count). The molecule has 18 heavy (non-hydrogen) atoms. The van der Waals surface area contributed by atoms with Crippen LogP contribution >= 0.6 is 0 Å². The van der Waals surface area contributed by atoms with E-state index in [0.717, 1.165) is 0 Å². The molecule has 0 radical (unpaired) electrons. The molecule has 1 aromatic rings. The Kier molecular flexibility index (Phi) is 3.54. The Hall–Kier alpha value is -1.79. The molecule has 0 aliphatic rings. The quantitative estimate of drug-likeness (QED) is 0.608. The molecule has 0 aromatic carbocycles. The zero-order valence-electron chi connectivity index (χ0n) is 9.92. The van der Waals surface area contributed by atoms with E-state index in [0.29, 0.717) is 6.07 Å². The minimum atomic E-state index is -4.84. The number of alkyl halides is 3. The molecule has 100 valence electrons. The number of aldehydes is 1. The lowest BCUT2D eigenvalue weighted by Gasteiger charge is -2.18. The third-order valence-electron chi connectivity index (χ3n) is 1.75. The van der Waals surface area contributed by atoms with Crippen LogP contribution in [0.5, 0.6) is 0 Å². The summed E-state index contributed by atoms with van der Waals surface area (Å²) in [6, 6.07) is 0.712. The summed E-state index contributed by atoms with van der Waals surface area (Å²) >= 11 is 0. The van der Waals surface area contributed by atoms with Crippen molar-refractivity contribution in [2.24, 2.45) is 0 Å². The Morgan fingerprint density at radius 3 is 2.22 bits per heavy atom. The number of esters is 1. The van der Waals surface area contributed by atoms with Crippen LogP contribution in [0.4, 0.5) is 13.2 Å². The average molecular weight is 264 g/mol. The van der Waals surface area contributed by atoms with Gasteiger partial charge in [-0.15, -0.1) is 0 Å². The van der Waals surface area contributed by atoms with E-state index in [1.165, 1.54) is 0 Å². The first-order chi connectivity index (χ1) is 8.04. The molecular formula is C11H11F3O4. The lowest BCUT2D eigenvalue weighted by Crippen LogP contribution is -2.23. The number of halogens is 3. The molecule has 0 N–H and O–H groups in total. The van der Waals surface area contributed by atoms with Crippen LogP contribution in [-0.2, 0) is 10.9 Å². The minimum absolute atomic E-state index is 0.0276. The summed E-state index contributed by atoms with van der Waals surface area (Å²) in [6.45, 7) is 4.66. The summed E-state index contributed by atoms with van der Waals surface area (Å²) < 4.78 is 46.5. The fraction of sp³-hybridized carbons (Fsp3) is 0.455. The van der Waals surface area contributed by atoms with Gasteiger partial charge in [0.05, 0.1) is 5.56 Å². The van der Waals surface area contributed by atoms with E-state index in [4.69, 9.17) is 4.74 Å². The van der Waals surface area contributed by atoms with Crippen LogP contribution in [0.2, 0.25) is 0 Å². The largest absolute Gasteiger partial charge is 0.454 e. The van der Waals surface area contributed by atoms with Gasteiger partial charge in [-0.05, 0) is 20.8 Å². The molecule has 0 unspecified atom stereocenters. The van der Waals surface area contributed by atoms with Crippen LogP contribution in [0.15, 0.2) is 10.5 Å². The molecule has 0 atom stereocenters. The second kappa shape index (κ2) is 4.47. The van der Waals surface area contributed by atoms with Gasteiger partial charge in [0.15, 0.2) is 6.29 Å². The summed E-state index contributed by atoms with van der Waals surface area (Å²) in [5, 5.41) is 0. The van der Waals surface area contributed by atoms with Gasteiger partial charge in [-0.3, -0.25) is 4.79 Å². The molecular weight excluding hydrogens is 253 g/mol. The molecule has 7 heteroatoms. The van der Waals surface area contributed by atoms with Gasteiger partial charge in [-0.2, -0.15) is 13.2 Å². The van der Waals surface area contributed by atoms with E-state index < -0.39 is 34.8 Å². The molecule has 0 saturated carbocycles. The van der Waals surface area contributed by atoms with Crippen LogP contribution in [0.3, 0.4) is 0 Å². The van der Waals surface area contributed by atoms with Crippen molar-refractivity contribution >= 4 is 12.3 Å². The molecule has 0 amide bonds. The van der Waals surface area contributed by atoms with Crippen molar-refractivity contribution in [1.82, 2.24) is 0 Å². The summed E-state index contributed by atoms with van der Waals surface area (Å²) in [6.07, 6.45) is -4.86. The normalized spacial score (nSPS) is 12.3. The predicted molar refractivity (Wildman–Crippen MR) is 54.3 cm³/mol. The smallest absolute Gasteiger partial charge is 0.450 e. The van der Waals surface area contributed by atoms with E-state index in [1.807, 2.05) is 0 Å². The van der Waals surface area contributed by atoms with Gasteiger partial charge in [-0.25, -0.2) is 4.79 Å². The van der Waals surface area contributed by atoms with Crippen molar-refractivity contribution in [3.05, 3.63) is 23.2 Å². The van der Waals surface area contributed by atoms with Crippen LogP contribution < -0.4 is 0 Å². The van der Waals surface area contributed by atoms with Crippen LogP contribution in [0.1, 0.15) is 47.4 Å². The molecule has 1 heterocycles. The third-order valence-corrected chi connectivity index (χ3v) is 1.75. The van der Waals surface area contributed by atoms with Gasteiger partial charge in [0.1, 0.15) is 5.60 Å². The fourth-order valence-electron chi connectivity index (χ4n) is 1.14. The van der Waals surface area contributed by atoms with E-state index in [-0.39, 0.29) is 6.29 Å². The number of carbonyl (C=O) groups excluding carboxylic acids is 2. The van der Waals surface area contributed by atoms with Crippen molar-refractivity contribution in [1.29, 1.82) is 0 Å². The molecule has 0 aliphatic heterocycles. The van der Waals surface area contributed by atoms with Crippen molar-refractivity contribution in [2.45, 2.75) is 32.5 Å². The Morgan fingerprint density at radius 1 is 1.33 bits per heavy atom. The Labute approximate surface area is 101 Å². The van der Waals surface area contributed by atoms with Gasteiger partial charge in [0.25, 0.3) is 0 Å². The average Bonchev–Trinajstić information content (AvgIpc) is 2.57. The first kappa shape index (κ1) is 14.3. The highest BCUT2D eigenvalue weighted by Crippen LogP contribution is 2.33. The van der Waals surface area contributed by atoms with Gasteiger partial charge >= 0.3 is 12.1 Å². The fourth-order valence-corrected chi connectivity index (χ4v) is 1.14. The van der Waals surface area contributed by atoms with Crippen molar-refractivity contribution in [3.63, 3.8) is 0 Å². The maximum atomic E-state index is 12.4. The summed E-state index contributed by atoms with van der Waals surface area (Å²) in [5.41, 5.74) is -1.60. The van der Waals surface area contributed by atoms with Gasteiger partial charge in [0, 0.05) is 6.07 Å². The predicted octanol–water partition coefficient (Wildman–Crippen LogP) is 3.07. The highest BCUT2D eigenvalue weighted by molar-refractivity contribution is 5.90. The highest BCUT2D eigenvalue weighted by atomic mass is 19.4. The summed E-state index contributed by atoms with van der Waals surface area (Å²) in [5.74, 6) is -3.21. The maximum Gasteiger partial charge on any atom is 0.450 e. The topological polar surface area (TPSA) is 56.5 Å². The zero-order valence-corrected chi connectivity index (χ0v) is 9.92. The van der Waals surface area contributed by atoms with Crippen LogP contribution in [-0.4, -0.2) is 17.9 Å². The standard InChI is InChI=1S/C11H11F3O4/c1-10(2,3)18-9(16)7-4-6(5-15)8(17-7)11(12,13)14/h4-5H,1-3H3. The number of hydrogen-bond acceptors (Lipinski definition) is 4. The maximum absolute atomic E-state index is 12.4. The SMILES string of the molecule is CC(C)(C)OC(=O)c1cc(C=O)c(C(F)(F)F)o1. The number of rotatable bonds is 2. The second-order valence-electron chi connectivity index (χ2n) is 4.51. The van der Waals surface area contributed by atoms with E-state index in [1.54, 1.807) is 20.8 Å². The first-order valence-corrected chi connectivity index (χ1v) is 4.94. The minimum Gasteiger partial charge on any atom is -0.454 e. The van der Waals surface area contributed by atoms with Crippen molar-refractivity contribution in [2.75, 3.05) is 0 Å². The molecule has 0 fully saturated rings.